The van der Waals surface area contributed by atoms with E-state index in [4.69, 9.17) is 0 Å². The van der Waals surface area contributed by atoms with E-state index in [1.54, 1.807) is 5.10 Å². The molecule has 15 heavy (non-hydrogen) atoms. The van der Waals surface area contributed by atoms with Crippen LogP contribution in [0.25, 0.3) is 0 Å². The van der Waals surface area contributed by atoms with E-state index in [0.29, 0.717) is 0 Å². The van der Waals surface area contributed by atoms with E-state index in [1.807, 2.05) is 0 Å². The molecular formula is C3H2N6O6. The zero-order valence-corrected chi connectivity index (χ0v) is 6.74. The van der Waals surface area contributed by atoms with Crippen LogP contribution in [0.1, 0.15) is 0 Å². The van der Waals surface area contributed by atoms with Crippen LogP contribution in [0.2, 0.25) is 0 Å². The molecule has 1 aromatic heterocycles. The van der Waals surface area contributed by atoms with Gasteiger partial charge in [0.05, 0.1) is 0 Å². The van der Waals surface area contributed by atoms with E-state index in [2.05, 4.69) is 5.10 Å². The Bertz CT molecular complexity index is 405. The van der Waals surface area contributed by atoms with Crippen molar-refractivity contribution < 1.29 is 14.9 Å². The normalized spacial score (nSPS) is 9.60. The van der Waals surface area contributed by atoms with Crippen molar-refractivity contribution in [3.63, 3.8) is 0 Å². The first-order valence-electron chi connectivity index (χ1n) is 3.21. The molecule has 0 radical (unpaired) electrons. The minimum atomic E-state index is -1.16. The van der Waals surface area contributed by atoms with Crippen molar-refractivity contribution in [3.05, 3.63) is 30.3 Å². The molecule has 0 saturated heterocycles. The molecule has 80 valence electrons. The molecule has 0 aliphatic heterocycles. The van der Waals surface area contributed by atoms with Crippen LogP contribution in [0.3, 0.4) is 0 Å². The zero-order valence-electron chi connectivity index (χ0n) is 6.74. The highest BCUT2D eigenvalue weighted by atomic mass is 16.7. The lowest BCUT2D eigenvalue weighted by atomic mass is 10.5. The third kappa shape index (κ3) is 1.93. The molecule has 0 bridgehead atoms. The number of rotatable bonds is 4. The molecule has 12 nitrogen and oxygen atoms in total. The van der Waals surface area contributed by atoms with Gasteiger partial charge in [-0.05, 0) is 14.9 Å². The second-order valence-electron chi connectivity index (χ2n) is 2.15. The Hall–Kier alpha value is -2.79. The molecule has 0 atom stereocenters. The van der Waals surface area contributed by atoms with E-state index in [9.17, 15) is 30.3 Å². The van der Waals surface area contributed by atoms with Gasteiger partial charge in [-0.25, -0.2) is 10.1 Å². The standard InChI is InChI=1S/C3H2N6O6/c10-7(11)2-1(6-9(14)15)3(5-4-2)8(12)13/h6H,(H,4,5). The molecule has 0 saturated carbocycles. The number of nitro groups is 3. The monoisotopic (exact) mass is 218 g/mol. The van der Waals surface area contributed by atoms with E-state index in [1.165, 1.54) is 5.43 Å². The predicted octanol–water partition coefficient (Wildman–Crippen LogP) is -0.170. The maximum atomic E-state index is 10.3. The third-order valence-electron chi connectivity index (χ3n) is 1.29. The van der Waals surface area contributed by atoms with Gasteiger partial charge >= 0.3 is 11.6 Å². The molecule has 1 rings (SSSR count). The van der Waals surface area contributed by atoms with E-state index >= 15 is 0 Å². The number of aromatic nitrogens is 2. The summed E-state index contributed by atoms with van der Waals surface area (Å²) in [6, 6.07) is 0. The highest BCUT2D eigenvalue weighted by Gasteiger charge is 2.34. The lowest BCUT2D eigenvalue weighted by Crippen LogP contribution is -2.10. The molecule has 0 aromatic carbocycles. The Morgan fingerprint density at radius 3 is 2.13 bits per heavy atom. The molecule has 0 amide bonds. The fourth-order valence-corrected chi connectivity index (χ4v) is 0.782. The van der Waals surface area contributed by atoms with Crippen LogP contribution in [0, 0.1) is 30.3 Å². The Balaban J connectivity index is 3.26. The average Bonchev–Trinajstić information content (AvgIpc) is 2.46. The molecule has 1 aromatic rings. The van der Waals surface area contributed by atoms with Crippen LogP contribution in [-0.4, -0.2) is 25.1 Å². The van der Waals surface area contributed by atoms with Crippen molar-refractivity contribution in [3.8, 4) is 0 Å². The highest BCUT2D eigenvalue weighted by molar-refractivity contribution is 5.66. The van der Waals surface area contributed by atoms with Crippen LogP contribution >= 0.6 is 0 Å². The largest absolute Gasteiger partial charge is 0.449 e. The number of H-pyrrole nitrogens is 1. The second-order valence-corrected chi connectivity index (χ2v) is 2.15. The topological polar surface area (TPSA) is 170 Å². The van der Waals surface area contributed by atoms with Gasteiger partial charge in [0.2, 0.25) is 0 Å². The van der Waals surface area contributed by atoms with Gasteiger partial charge in [0, 0.05) is 0 Å². The summed E-state index contributed by atoms with van der Waals surface area (Å²) in [6.45, 7) is 0. The molecule has 0 unspecified atom stereocenters. The van der Waals surface area contributed by atoms with Crippen molar-refractivity contribution >= 4 is 17.3 Å². The minimum Gasteiger partial charge on any atom is -0.358 e. The molecule has 0 fully saturated rings. The Morgan fingerprint density at radius 2 is 1.73 bits per heavy atom. The van der Waals surface area contributed by atoms with Gasteiger partial charge < -0.3 is 20.2 Å². The Labute approximate surface area is 79.3 Å². The summed E-state index contributed by atoms with van der Waals surface area (Å²) in [4.78, 5) is 28.4. The van der Waals surface area contributed by atoms with E-state index in [0.717, 1.165) is 0 Å². The number of hydrogen-bond donors (Lipinski definition) is 2. The summed E-state index contributed by atoms with van der Waals surface area (Å²) in [5.41, 5.74) is 0.436. The van der Waals surface area contributed by atoms with Crippen LogP contribution < -0.4 is 5.43 Å². The third-order valence-corrected chi connectivity index (χ3v) is 1.29. The lowest BCUT2D eigenvalue weighted by molar-refractivity contribution is -0.449. The average molecular weight is 218 g/mol. The fourth-order valence-electron chi connectivity index (χ4n) is 0.782. The fraction of sp³-hybridized carbons (Fsp3) is 0. The number of aromatic amines is 1. The summed E-state index contributed by atoms with van der Waals surface area (Å²) in [6.07, 6.45) is 0. The predicted molar refractivity (Wildman–Crippen MR) is 42.5 cm³/mol. The Morgan fingerprint density at radius 1 is 1.13 bits per heavy atom. The van der Waals surface area contributed by atoms with Crippen molar-refractivity contribution in [2.75, 3.05) is 5.43 Å². The minimum absolute atomic E-state index is 0.894. The summed E-state index contributed by atoms with van der Waals surface area (Å²) in [5.74, 6) is -1.96. The van der Waals surface area contributed by atoms with Crippen molar-refractivity contribution in [2.24, 2.45) is 0 Å². The maximum absolute atomic E-state index is 10.3. The first-order valence-corrected chi connectivity index (χ1v) is 3.21. The summed E-state index contributed by atoms with van der Waals surface area (Å²) in [5, 5.41) is 34.1. The SMILES string of the molecule is O=[N+]([O-])Nc1c([N+](=O)[O-])n[nH]c1[N+](=O)[O-]. The molecule has 1 heterocycles. The Kier molecular flexibility index (Phi) is 2.42. The van der Waals surface area contributed by atoms with Crippen molar-refractivity contribution in [1.82, 2.24) is 10.2 Å². The molecule has 0 spiro atoms. The van der Waals surface area contributed by atoms with Gasteiger partial charge in [-0.2, -0.15) is 0 Å². The van der Waals surface area contributed by atoms with Crippen LogP contribution in [0.15, 0.2) is 0 Å². The molecular weight excluding hydrogens is 216 g/mol. The molecule has 0 aliphatic rings. The second kappa shape index (κ2) is 3.52. The first kappa shape index (κ1) is 10.3. The summed E-state index contributed by atoms with van der Waals surface area (Å²) in [7, 11) is 0. The number of nitrogens with zero attached hydrogens (tertiary/aromatic N) is 4. The number of anilines is 1. The summed E-state index contributed by atoms with van der Waals surface area (Å²) < 4.78 is 0. The quantitative estimate of drug-likeness (QED) is 0.517. The maximum Gasteiger partial charge on any atom is 0.449 e. The first-order chi connectivity index (χ1) is 6.93. The van der Waals surface area contributed by atoms with Gasteiger partial charge in [0.25, 0.3) is 5.69 Å². The highest BCUT2D eigenvalue weighted by Crippen LogP contribution is 2.30. The molecule has 12 heteroatoms. The van der Waals surface area contributed by atoms with Gasteiger partial charge in [-0.15, -0.1) is 0 Å². The van der Waals surface area contributed by atoms with Crippen LogP contribution in [0.4, 0.5) is 17.3 Å². The van der Waals surface area contributed by atoms with E-state index in [-0.39, 0.29) is 0 Å². The van der Waals surface area contributed by atoms with Gasteiger partial charge in [-0.1, -0.05) is 5.43 Å². The lowest BCUT2D eigenvalue weighted by Gasteiger charge is -1.93. The molecule has 0 aliphatic carbocycles. The van der Waals surface area contributed by atoms with E-state index < -0.39 is 32.2 Å². The number of hydrogen-bond acceptors (Lipinski definition) is 7. The van der Waals surface area contributed by atoms with Gasteiger partial charge in [0.1, 0.15) is 5.10 Å². The number of hydrazine groups is 1. The van der Waals surface area contributed by atoms with Crippen LogP contribution in [0.5, 0.6) is 0 Å². The summed E-state index contributed by atoms with van der Waals surface area (Å²) >= 11 is 0. The van der Waals surface area contributed by atoms with Gasteiger partial charge in [-0.3, -0.25) is 0 Å². The zero-order chi connectivity index (χ0) is 11.6. The van der Waals surface area contributed by atoms with Crippen LogP contribution in [-0.2, 0) is 0 Å². The molecule has 2 N–H and O–H groups in total. The van der Waals surface area contributed by atoms with Crippen molar-refractivity contribution in [1.29, 1.82) is 0 Å². The number of nitrogens with one attached hydrogen (secondary N) is 2. The smallest absolute Gasteiger partial charge is 0.358 e. The van der Waals surface area contributed by atoms with Crippen molar-refractivity contribution in [2.45, 2.75) is 0 Å². The van der Waals surface area contributed by atoms with Gasteiger partial charge in [0.15, 0.2) is 5.03 Å².